The molecule has 0 atom stereocenters. The lowest BCUT2D eigenvalue weighted by atomic mass is 10.1. The van der Waals surface area contributed by atoms with Gasteiger partial charge in [-0.25, -0.2) is 4.98 Å². The quantitative estimate of drug-likeness (QED) is 0.728. The van der Waals surface area contributed by atoms with Crippen LogP contribution in [-0.4, -0.2) is 14.5 Å². The minimum atomic E-state index is 0.128. The van der Waals surface area contributed by atoms with E-state index in [0.717, 1.165) is 16.5 Å². The molecule has 0 saturated carbocycles. The number of aromatic nitrogens is 3. The SMILES string of the molecule is N#Cc1ncn(Cc2ccc(Cl)c3cccnc23)c1C#N. The van der Waals surface area contributed by atoms with Gasteiger partial charge >= 0.3 is 0 Å². The van der Waals surface area contributed by atoms with E-state index in [9.17, 15) is 0 Å². The molecule has 6 heteroatoms. The average Bonchev–Trinajstić information content (AvgIpc) is 2.92. The summed E-state index contributed by atoms with van der Waals surface area (Å²) in [4.78, 5) is 8.29. The number of benzene rings is 1. The molecule has 2 heterocycles. The topological polar surface area (TPSA) is 78.3 Å². The summed E-state index contributed by atoms with van der Waals surface area (Å²) in [7, 11) is 0. The van der Waals surface area contributed by atoms with Crippen LogP contribution in [-0.2, 0) is 6.54 Å². The van der Waals surface area contributed by atoms with Crippen molar-refractivity contribution in [2.75, 3.05) is 0 Å². The van der Waals surface area contributed by atoms with Gasteiger partial charge in [0, 0.05) is 16.6 Å². The number of nitriles is 2. The first kappa shape index (κ1) is 13.1. The van der Waals surface area contributed by atoms with Gasteiger partial charge in [-0.1, -0.05) is 17.7 Å². The van der Waals surface area contributed by atoms with Crippen LogP contribution in [0, 0.1) is 22.7 Å². The number of imidazole rings is 1. The molecule has 0 aliphatic heterocycles. The van der Waals surface area contributed by atoms with Crippen LogP contribution in [0.3, 0.4) is 0 Å². The van der Waals surface area contributed by atoms with E-state index < -0.39 is 0 Å². The molecule has 0 saturated heterocycles. The summed E-state index contributed by atoms with van der Waals surface area (Å²) in [6.45, 7) is 0.405. The molecular weight excluding hydrogens is 286 g/mol. The monoisotopic (exact) mass is 293 g/mol. The van der Waals surface area contributed by atoms with Gasteiger partial charge in [0.2, 0.25) is 0 Å². The molecule has 0 bridgehead atoms. The first-order valence-electron chi connectivity index (χ1n) is 6.12. The zero-order valence-electron chi connectivity index (χ0n) is 10.8. The van der Waals surface area contributed by atoms with Gasteiger partial charge in [0.05, 0.1) is 18.4 Å². The Morgan fingerprint density at radius 3 is 2.76 bits per heavy atom. The number of halogens is 1. The van der Waals surface area contributed by atoms with Crippen LogP contribution < -0.4 is 0 Å². The van der Waals surface area contributed by atoms with Crippen molar-refractivity contribution < 1.29 is 0 Å². The van der Waals surface area contributed by atoms with E-state index >= 15 is 0 Å². The van der Waals surface area contributed by atoms with E-state index in [1.54, 1.807) is 16.8 Å². The zero-order valence-corrected chi connectivity index (χ0v) is 11.5. The Hall–Kier alpha value is -2.89. The molecule has 0 unspecified atom stereocenters. The van der Waals surface area contributed by atoms with E-state index in [2.05, 4.69) is 9.97 Å². The Bertz CT molecular complexity index is 914. The fraction of sp³-hybridized carbons (Fsp3) is 0.0667. The highest BCUT2D eigenvalue weighted by atomic mass is 35.5. The second-order valence-corrected chi connectivity index (χ2v) is 4.81. The molecule has 1 aromatic carbocycles. The molecule has 0 N–H and O–H groups in total. The summed E-state index contributed by atoms with van der Waals surface area (Å²) in [6.07, 6.45) is 3.18. The predicted molar refractivity (Wildman–Crippen MR) is 77.5 cm³/mol. The van der Waals surface area contributed by atoms with Crippen LogP contribution in [0.2, 0.25) is 5.02 Å². The highest BCUT2D eigenvalue weighted by molar-refractivity contribution is 6.35. The Balaban J connectivity index is 2.12. The number of fused-ring (bicyclic) bond motifs is 1. The Morgan fingerprint density at radius 1 is 1.14 bits per heavy atom. The van der Waals surface area contributed by atoms with E-state index in [0.29, 0.717) is 11.6 Å². The summed E-state index contributed by atoms with van der Waals surface area (Å²) < 4.78 is 1.63. The minimum Gasteiger partial charge on any atom is -0.317 e. The normalized spacial score (nSPS) is 10.2. The molecule has 0 spiro atoms. The van der Waals surface area contributed by atoms with Crippen LogP contribution in [0.1, 0.15) is 17.0 Å². The summed E-state index contributed by atoms with van der Waals surface area (Å²) in [6, 6.07) is 11.3. The van der Waals surface area contributed by atoms with Gasteiger partial charge in [0.1, 0.15) is 12.1 Å². The molecule has 0 aliphatic carbocycles. The summed E-state index contributed by atoms with van der Waals surface area (Å²) in [5, 5.41) is 19.6. The maximum Gasteiger partial charge on any atom is 0.176 e. The Morgan fingerprint density at radius 2 is 2.00 bits per heavy atom. The van der Waals surface area contributed by atoms with Gasteiger partial charge in [0.25, 0.3) is 0 Å². The lowest BCUT2D eigenvalue weighted by Crippen LogP contribution is -2.03. The molecular formula is C15H8ClN5. The zero-order chi connectivity index (χ0) is 14.8. The van der Waals surface area contributed by atoms with Crippen LogP contribution in [0.5, 0.6) is 0 Å². The van der Waals surface area contributed by atoms with Crippen molar-refractivity contribution in [2.45, 2.75) is 6.54 Å². The van der Waals surface area contributed by atoms with E-state index in [1.165, 1.54) is 6.33 Å². The summed E-state index contributed by atoms with van der Waals surface area (Å²) >= 11 is 6.16. The standard InChI is InChI=1S/C15H8ClN5/c16-12-4-3-10(15-11(12)2-1-5-19-15)8-21-9-20-13(6-17)14(21)7-18/h1-5,9H,8H2. The number of rotatable bonds is 2. The lowest BCUT2D eigenvalue weighted by molar-refractivity contribution is 0.789. The van der Waals surface area contributed by atoms with E-state index in [4.69, 9.17) is 22.1 Å². The second kappa shape index (κ2) is 5.24. The number of pyridine rings is 1. The Kier molecular flexibility index (Phi) is 3.27. The van der Waals surface area contributed by atoms with Gasteiger partial charge in [-0.2, -0.15) is 10.5 Å². The molecule has 0 radical (unpaired) electrons. The predicted octanol–water partition coefficient (Wildman–Crippen LogP) is 2.88. The van der Waals surface area contributed by atoms with Crippen LogP contribution in [0.25, 0.3) is 10.9 Å². The highest BCUT2D eigenvalue weighted by Gasteiger charge is 2.12. The van der Waals surface area contributed by atoms with Crippen LogP contribution in [0.4, 0.5) is 0 Å². The number of hydrogen-bond donors (Lipinski definition) is 0. The van der Waals surface area contributed by atoms with Crippen molar-refractivity contribution in [3.8, 4) is 12.1 Å². The smallest absolute Gasteiger partial charge is 0.176 e. The number of hydrogen-bond acceptors (Lipinski definition) is 4. The van der Waals surface area contributed by atoms with Gasteiger partial charge in [0.15, 0.2) is 11.4 Å². The van der Waals surface area contributed by atoms with Gasteiger partial charge in [-0.3, -0.25) is 4.98 Å². The molecule has 0 amide bonds. The van der Waals surface area contributed by atoms with Gasteiger partial charge < -0.3 is 4.57 Å². The first-order chi connectivity index (χ1) is 10.2. The van der Waals surface area contributed by atoms with Crippen molar-refractivity contribution in [3.63, 3.8) is 0 Å². The lowest BCUT2D eigenvalue weighted by Gasteiger charge is -2.08. The molecule has 0 fully saturated rings. The fourth-order valence-electron chi connectivity index (χ4n) is 2.21. The Labute approximate surface area is 125 Å². The largest absolute Gasteiger partial charge is 0.317 e. The fourth-order valence-corrected chi connectivity index (χ4v) is 2.42. The summed E-state index contributed by atoms with van der Waals surface area (Å²) in [5.74, 6) is 0. The third-order valence-corrected chi connectivity index (χ3v) is 3.52. The molecule has 5 nitrogen and oxygen atoms in total. The van der Waals surface area contributed by atoms with Crippen molar-refractivity contribution >= 4 is 22.5 Å². The molecule has 100 valence electrons. The van der Waals surface area contributed by atoms with Crippen molar-refractivity contribution in [1.82, 2.24) is 14.5 Å². The molecule has 3 rings (SSSR count). The summed E-state index contributed by atoms with van der Waals surface area (Å²) in [5.41, 5.74) is 2.06. The van der Waals surface area contributed by atoms with E-state index in [1.807, 2.05) is 30.3 Å². The molecule has 21 heavy (non-hydrogen) atoms. The van der Waals surface area contributed by atoms with Crippen molar-refractivity contribution in [2.24, 2.45) is 0 Å². The van der Waals surface area contributed by atoms with Crippen LogP contribution in [0.15, 0.2) is 36.8 Å². The maximum atomic E-state index is 9.16. The maximum absolute atomic E-state index is 9.16. The molecule has 0 aliphatic rings. The number of nitrogens with zero attached hydrogens (tertiary/aromatic N) is 5. The van der Waals surface area contributed by atoms with Crippen molar-refractivity contribution in [1.29, 1.82) is 10.5 Å². The molecule has 2 aromatic heterocycles. The highest BCUT2D eigenvalue weighted by Crippen LogP contribution is 2.25. The van der Waals surface area contributed by atoms with Gasteiger partial charge in [-0.15, -0.1) is 0 Å². The van der Waals surface area contributed by atoms with Crippen molar-refractivity contribution in [3.05, 3.63) is 58.8 Å². The molecule has 3 aromatic rings. The van der Waals surface area contributed by atoms with Crippen LogP contribution >= 0.6 is 11.6 Å². The van der Waals surface area contributed by atoms with Gasteiger partial charge in [-0.05, 0) is 23.8 Å². The third-order valence-electron chi connectivity index (χ3n) is 3.19. The first-order valence-corrected chi connectivity index (χ1v) is 6.50. The average molecular weight is 294 g/mol. The minimum absolute atomic E-state index is 0.128. The van der Waals surface area contributed by atoms with E-state index in [-0.39, 0.29) is 11.4 Å². The second-order valence-electron chi connectivity index (χ2n) is 4.40. The third kappa shape index (κ3) is 2.20.